The first-order valence-electron chi connectivity index (χ1n) is 9.70. The van der Waals surface area contributed by atoms with Crippen LogP contribution in [0.1, 0.15) is 48.6 Å². The summed E-state index contributed by atoms with van der Waals surface area (Å²) in [4.78, 5) is 19.9. The third kappa shape index (κ3) is 3.46. The summed E-state index contributed by atoms with van der Waals surface area (Å²) in [5, 5.41) is 10.1. The molecule has 27 heavy (non-hydrogen) atoms. The lowest BCUT2D eigenvalue weighted by molar-refractivity contribution is -0.118. The van der Waals surface area contributed by atoms with Gasteiger partial charge in [0.05, 0.1) is 10.8 Å². The van der Waals surface area contributed by atoms with Crippen LogP contribution in [0.3, 0.4) is 0 Å². The first-order valence-corrected chi connectivity index (χ1v) is 10.6. The van der Waals surface area contributed by atoms with Gasteiger partial charge in [0.2, 0.25) is 5.91 Å². The van der Waals surface area contributed by atoms with Crippen LogP contribution in [-0.2, 0) is 24.1 Å². The van der Waals surface area contributed by atoms with E-state index in [1.807, 2.05) is 36.1 Å². The Morgan fingerprint density at radius 1 is 1.26 bits per heavy atom. The largest absolute Gasteiger partial charge is 0.311 e. The molecule has 138 valence electrons. The van der Waals surface area contributed by atoms with Crippen molar-refractivity contribution >= 4 is 23.4 Å². The van der Waals surface area contributed by atoms with Gasteiger partial charge in [-0.2, -0.15) is 5.26 Å². The Hall–Kier alpha value is -2.32. The fraction of sp³-hybridized carbons (Fsp3) is 0.409. The first-order chi connectivity index (χ1) is 13.2. The van der Waals surface area contributed by atoms with Crippen LogP contribution in [-0.4, -0.2) is 22.7 Å². The molecule has 4 nitrogen and oxygen atoms in total. The molecule has 0 radical (unpaired) electrons. The molecule has 1 unspecified atom stereocenters. The minimum atomic E-state index is -0.225. The number of nitriles is 1. The number of pyridine rings is 1. The fourth-order valence-corrected chi connectivity index (χ4v) is 5.03. The van der Waals surface area contributed by atoms with Crippen molar-refractivity contribution < 1.29 is 4.79 Å². The Morgan fingerprint density at radius 2 is 2.07 bits per heavy atom. The number of aromatic nitrogens is 1. The molecule has 0 spiro atoms. The van der Waals surface area contributed by atoms with Crippen molar-refractivity contribution in [3.05, 3.63) is 52.7 Å². The summed E-state index contributed by atoms with van der Waals surface area (Å²) in [6.07, 6.45) is 5.91. The van der Waals surface area contributed by atoms with Gasteiger partial charge in [0, 0.05) is 17.9 Å². The molecular formula is C22H23N3OS. The quantitative estimate of drug-likeness (QED) is 0.746. The highest BCUT2D eigenvalue weighted by Crippen LogP contribution is 2.34. The zero-order chi connectivity index (χ0) is 18.8. The number of para-hydroxylation sites is 1. The molecule has 2 aliphatic rings. The van der Waals surface area contributed by atoms with E-state index in [0.717, 1.165) is 50.0 Å². The summed E-state index contributed by atoms with van der Waals surface area (Å²) in [6.45, 7) is 2.76. The Kier molecular flexibility index (Phi) is 5.18. The number of fused-ring (bicyclic) bond motifs is 2. The Balaban J connectivity index is 1.59. The first kappa shape index (κ1) is 18.1. The molecule has 0 N–H and O–H groups in total. The second-order valence-electron chi connectivity index (χ2n) is 7.15. The number of anilines is 1. The number of carbonyl (C=O) groups excluding carboxylic acids is 1. The van der Waals surface area contributed by atoms with Crippen molar-refractivity contribution in [1.82, 2.24) is 4.98 Å². The topological polar surface area (TPSA) is 57.0 Å². The zero-order valence-corrected chi connectivity index (χ0v) is 16.4. The maximum atomic E-state index is 13.2. The third-order valence-corrected chi connectivity index (χ3v) is 6.79. The molecule has 0 saturated carbocycles. The van der Waals surface area contributed by atoms with Gasteiger partial charge in [-0.3, -0.25) is 4.79 Å². The molecule has 1 aromatic carbocycles. The molecule has 1 amide bonds. The van der Waals surface area contributed by atoms with Crippen LogP contribution in [0.5, 0.6) is 0 Å². The number of thioether (sulfide) groups is 1. The number of hydrogen-bond donors (Lipinski definition) is 0. The highest BCUT2D eigenvalue weighted by atomic mass is 32.2. The van der Waals surface area contributed by atoms with Gasteiger partial charge in [0.25, 0.3) is 0 Å². The van der Waals surface area contributed by atoms with Crippen molar-refractivity contribution in [1.29, 1.82) is 5.26 Å². The number of aryl methyl sites for hydroxylation is 2. The zero-order valence-electron chi connectivity index (χ0n) is 15.6. The van der Waals surface area contributed by atoms with Gasteiger partial charge in [-0.05, 0) is 61.8 Å². The molecule has 2 heterocycles. The lowest BCUT2D eigenvalue weighted by Gasteiger charge is -2.24. The van der Waals surface area contributed by atoms with Gasteiger partial charge >= 0.3 is 0 Å². The second kappa shape index (κ2) is 7.74. The summed E-state index contributed by atoms with van der Waals surface area (Å²) >= 11 is 1.46. The van der Waals surface area contributed by atoms with E-state index >= 15 is 0 Å². The van der Waals surface area contributed by atoms with Crippen LogP contribution in [0.15, 0.2) is 35.4 Å². The summed E-state index contributed by atoms with van der Waals surface area (Å²) in [5.74, 6) is 0.121. The van der Waals surface area contributed by atoms with Crippen molar-refractivity contribution in [3.8, 4) is 6.07 Å². The van der Waals surface area contributed by atoms with E-state index in [0.29, 0.717) is 17.0 Å². The number of rotatable bonds is 4. The van der Waals surface area contributed by atoms with Gasteiger partial charge < -0.3 is 4.90 Å². The minimum Gasteiger partial charge on any atom is -0.311 e. The highest BCUT2D eigenvalue weighted by molar-refractivity contribution is 8.00. The molecule has 2 aromatic rings. The maximum absolute atomic E-state index is 13.2. The van der Waals surface area contributed by atoms with Gasteiger partial charge in [-0.15, -0.1) is 0 Å². The standard InChI is InChI=1S/C22H23N3OS/c1-2-20(22(26)25-12-11-15-7-4-6-10-19(15)25)27-21-17(14-23)13-16-8-3-5-9-18(16)24-21/h4,6-7,10,13,20H,2-3,5,8-9,11-12H2,1H3. The van der Waals surface area contributed by atoms with Crippen LogP contribution in [0.2, 0.25) is 0 Å². The molecule has 0 saturated heterocycles. The van der Waals surface area contributed by atoms with Crippen LogP contribution < -0.4 is 4.90 Å². The molecule has 0 bridgehead atoms. The second-order valence-corrected chi connectivity index (χ2v) is 8.34. The van der Waals surface area contributed by atoms with E-state index < -0.39 is 0 Å². The number of carbonyl (C=O) groups is 1. The maximum Gasteiger partial charge on any atom is 0.240 e. The van der Waals surface area contributed by atoms with E-state index in [1.165, 1.54) is 22.9 Å². The molecule has 1 aromatic heterocycles. The molecule has 1 aliphatic carbocycles. The van der Waals surface area contributed by atoms with Crippen LogP contribution >= 0.6 is 11.8 Å². The predicted octanol–water partition coefficient (Wildman–Crippen LogP) is 4.29. The predicted molar refractivity (Wildman–Crippen MR) is 108 cm³/mol. The number of hydrogen-bond acceptors (Lipinski definition) is 4. The number of benzene rings is 1. The average molecular weight is 378 g/mol. The lowest BCUT2D eigenvalue weighted by atomic mass is 9.95. The smallest absolute Gasteiger partial charge is 0.240 e. The molecule has 0 fully saturated rings. The fourth-order valence-electron chi connectivity index (χ4n) is 3.97. The third-order valence-electron chi connectivity index (χ3n) is 5.44. The van der Waals surface area contributed by atoms with Crippen molar-refractivity contribution in [2.75, 3.05) is 11.4 Å². The van der Waals surface area contributed by atoms with E-state index in [2.05, 4.69) is 12.1 Å². The van der Waals surface area contributed by atoms with Gasteiger partial charge in [-0.25, -0.2) is 4.98 Å². The summed E-state index contributed by atoms with van der Waals surface area (Å²) in [5.41, 5.74) is 5.18. The van der Waals surface area contributed by atoms with E-state index in [1.54, 1.807) is 0 Å². The van der Waals surface area contributed by atoms with Crippen LogP contribution in [0, 0.1) is 11.3 Å². The molecule has 1 atom stereocenters. The van der Waals surface area contributed by atoms with Gasteiger partial charge in [0.15, 0.2) is 0 Å². The Morgan fingerprint density at radius 3 is 2.89 bits per heavy atom. The van der Waals surface area contributed by atoms with E-state index in [9.17, 15) is 10.1 Å². The summed E-state index contributed by atoms with van der Waals surface area (Å²) in [6, 6.07) is 12.4. The monoisotopic (exact) mass is 377 g/mol. The average Bonchev–Trinajstić information content (AvgIpc) is 3.15. The van der Waals surface area contributed by atoms with E-state index in [4.69, 9.17) is 4.98 Å². The van der Waals surface area contributed by atoms with Gasteiger partial charge in [-0.1, -0.05) is 36.9 Å². The normalized spacial score (nSPS) is 16.4. The number of nitrogens with zero attached hydrogens (tertiary/aromatic N) is 3. The highest BCUT2D eigenvalue weighted by Gasteiger charge is 2.31. The van der Waals surface area contributed by atoms with E-state index in [-0.39, 0.29) is 11.2 Å². The Bertz CT molecular complexity index is 918. The molecule has 4 rings (SSSR count). The molecule has 5 heteroatoms. The van der Waals surface area contributed by atoms with Crippen molar-refractivity contribution in [2.24, 2.45) is 0 Å². The molecule has 1 aliphatic heterocycles. The summed E-state index contributed by atoms with van der Waals surface area (Å²) in [7, 11) is 0. The molecular weight excluding hydrogens is 354 g/mol. The SMILES string of the molecule is CCC(Sc1nc2c(cc1C#N)CCCC2)C(=O)N1CCc2ccccc21. The van der Waals surface area contributed by atoms with Crippen LogP contribution in [0.4, 0.5) is 5.69 Å². The minimum absolute atomic E-state index is 0.121. The van der Waals surface area contributed by atoms with Crippen molar-refractivity contribution in [2.45, 2.75) is 55.7 Å². The number of amides is 1. The van der Waals surface area contributed by atoms with Crippen molar-refractivity contribution in [3.63, 3.8) is 0 Å². The van der Waals surface area contributed by atoms with Crippen LogP contribution in [0.25, 0.3) is 0 Å². The Labute approximate surface area is 164 Å². The van der Waals surface area contributed by atoms with Gasteiger partial charge in [0.1, 0.15) is 11.1 Å². The summed E-state index contributed by atoms with van der Waals surface area (Å²) < 4.78 is 0. The lowest BCUT2D eigenvalue weighted by Crippen LogP contribution is -2.36.